The SMILES string of the molecule is N#Cc1cccnc1NCC1COc2ccccc2C1. The lowest BCUT2D eigenvalue weighted by molar-refractivity contribution is 0.229. The van der Waals surface area contributed by atoms with E-state index in [1.807, 2.05) is 18.2 Å². The van der Waals surface area contributed by atoms with E-state index in [-0.39, 0.29) is 0 Å². The highest BCUT2D eigenvalue weighted by atomic mass is 16.5. The lowest BCUT2D eigenvalue weighted by Gasteiger charge is -2.25. The molecule has 0 aliphatic carbocycles. The van der Waals surface area contributed by atoms with E-state index in [0.29, 0.717) is 23.9 Å². The van der Waals surface area contributed by atoms with E-state index in [1.54, 1.807) is 18.3 Å². The molecular weight excluding hydrogens is 250 g/mol. The van der Waals surface area contributed by atoms with E-state index >= 15 is 0 Å². The molecule has 2 heterocycles. The van der Waals surface area contributed by atoms with Gasteiger partial charge in [-0.2, -0.15) is 5.26 Å². The number of anilines is 1. The minimum atomic E-state index is 0.387. The van der Waals surface area contributed by atoms with Gasteiger partial charge in [0.1, 0.15) is 17.6 Å². The van der Waals surface area contributed by atoms with E-state index in [4.69, 9.17) is 10.00 Å². The summed E-state index contributed by atoms with van der Waals surface area (Å²) in [5, 5.41) is 12.3. The van der Waals surface area contributed by atoms with Gasteiger partial charge in [0.15, 0.2) is 0 Å². The molecule has 1 aliphatic heterocycles. The van der Waals surface area contributed by atoms with Crippen LogP contribution in [0.5, 0.6) is 5.75 Å². The van der Waals surface area contributed by atoms with Crippen molar-refractivity contribution in [2.45, 2.75) is 6.42 Å². The second kappa shape index (κ2) is 5.62. The second-order valence-corrected chi connectivity index (χ2v) is 4.88. The number of para-hydroxylation sites is 1. The summed E-state index contributed by atoms with van der Waals surface area (Å²) in [6.07, 6.45) is 2.67. The number of aromatic nitrogens is 1. The van der Waals surface area contributed by atoms with Crippen LogP contribution < -0.4 is 10.1 Å². The summed E-state index contributed by atoms with van der Waals surface area (Å²) < 4.78 is 5.76. The van der Waals surface area contributed by atoms with Crippen LogP contribution in [0, 0.1) is 17.2 Å². The van der Waals surface area contributed by atoms with Crippen LogP contribution in [0.3, 0.4) is 0 Å². The van der Waals surface area contributed by atoms with Crippen LogP contribution in [0.25, 0.3) is 0 Å². The predicted molar refractivity (Wildman–Crippen MR) is 76.6 cm³/mol. The van der Waals surface area contributed by atoms with Gasteiger partial charge in [0.2, 0.25) is 0 Å². The van der Waals surface area contributed by atoms with Gasteiger partial charge in [-0.3, -0.25) is 0 Å². The Labute approximate surface area is 118 Å². The summed E-state index contributed by atoms with van der Waals surface area (Å²) >= 11 is 0. The lowest BCUT2D eigenvalue weighted by atomic mass is 9.97. The van der Waals surface area contributed by atoms with Crippen molar-refractivity contribution in [2.24, 2.45) is 5.92 Å². The Morgan fingerprint density at radius 2 is 2.20 bits per heavy atom. The average molecular weight is 265 g/mol. The molecule has 4 nitrogen and oxygen atoms in total. The molecule has 20 heavy (non-hydrogen) atoms. The summed E-state index contributed by atoms with van der Waals surface area (Å²) in [6.45, 7) is 1.44. The monoisotopic (exact) mass is 265 g/mol. The van der Waals surface area contributed by atoms with Crippen LogP contribution in [0.4, 0.5) is 5.82 Å². The van der Waals surface area contributed by atoms with E-state index in [1.165, 1.54) is 5.56 Å². The molecule has 1 aliphatic rings. The third kappa shape index (κ3) is 2.57. The van der Waals surface area contributed by atoms with Gasteiger partial charge in [-0.25, -0.2) is 4.98 Å². The zero-order valence-corrected chi connectivity index (χ0v) is 11.0. The van der Waals surface area contributed by atoms with Crippen molar-refractivity contribution in [1.29, 1.82) is 5.26 Å². The molecule has 0 radical (unpaired) electrons. The van der Waals surface area contributed by atoms with Gasteiger partial charge in [0.25, 0.3) is 0 Å². The molecule has 0 bridgehead atoms. The number of hydrogen-bond acceptors (Lipinski definition) is 4. The van der Waals surface area contributed by atoms with E-state index in [0.717, 1.165) is 18.7 Å². The molecule has 4 heteroatoms. The van der Waals surface area contributed by atoms with Crippen LogP contribution >= 0.6 is 0 Å². The van der Waals surface area contributed by atoms with E-state index in [9.17, 15) is 0 Å². The molecule has 0 amide bonds. The Kier molecular flexibility index (Phi) is 3.51. The largest absolute Gasteiger partial charge is 0.493 e. The van der Waals surface area contributed by atoms with Crippen LogP contribution in [-0.4, -0.2) is 18.1 Å². The number of nitrogens with zero attached hydrogens (tertiary/aromatic N) is 2. The summed E-state index contributed by atoms with van der Waals surface area (Å²) in [5.41, 5.74) is 1.82. The standard InChI is InChI=1S/C16H15N3O/c17-9-14-5-3-7-18-16(14)19-10-12-8-13-4-1-2-6-15(13)20-11-12/h1-7,12H,8,10-11H2,(H,18,19). The van der Waals surface area contributed by atoms with Crippen molar-refractivity contribution in [3.05, 3.63) is 53.7 Å². The van der Waals surface area contributed by atoms with Gasteiger partial charge in [-0.15, -0.1) is 0 Å². The first-order chi connectivity index (χ1) is 9.86. The van der Waals surface area contributed by atoms with Crippen LogP contribution in [0.15, 0.2) is 42.6 Å². The first kappa shape index (κ1) is 12.5. The molecule has 0 fully saturated rings. The van der Waals surface area contributed by atoms with Gasteiger partial charge in [-0.1, -0.05) is 18.2 Å². The minimum absolute atomic E-state index is 0.387. The molecule has 1 N–H and O–H groups in total. The third-order valence-corrected chi connectivity index (χ3v) is 3.44. The fraction of sp³-hybridized carbons (Fsp3) is 0.250. The smallest absolute Gasteiger partial charge is 0.143 e. The average Bonchev–Trinajstić information content (AvgIpc) is 2.53. The Morgan fingerprint density at radius 1 is 1.30 bits per heavy atom. The number of nitrogens with one attached hydrogen (secondary N) is 1. The maximum Gasteiger partial charge on any atom is 0.143 e. The summed E-state index contributed by atoms with van der Waals surface area (Å²) in [5.74, 6) is 2.02. The van der Waals surface area contributed by atoms with Gasteiger partial charge < -0.3 is 10.1 Å². The fourth-order valence-electron chi connectivity index (χ4n) is 2.40. The third-order valence-electron chi connectivity index (χ3n) is 3.44. The van der Waals surface area contributed by atoms with Crippen molar-refractivity contribution in [3.8, 4) is 11.8 Å². The fourth-order valence-corrected chi connectivity index (χ4v) is 2.40. The number of pyridine rings is 1. The molecule has 0 saturated carbocycles. The van der Waals surface area contributed by atoms with Crippen molar-refractivity contribution >= 4 is 5.82 Å². The van der Waals surface area contributed by atoms with Gasteiger partial charge in [0, 0.05) is 18.7 Å². The molecular formula is C16H15N3O. The molecule has 2 aromatic rings. The molecule has 1 aromatic heterocycles. The summed E-state index contributed by atoms with van der Waals surface area (Å²) in [6, 6.07) is 13.8. The topological polar surface area (TPSA) is 57.9 Å². The number of hydrogen-bond donors (Lipinski definition) is 1. The Bertz CT molecular complexity index is 648. The normalized spacial score (nSPS) is 16.6. The van der Waals surface area contributed by atoms with E-state index < -0.39 is 0 Å². The number of rotatable bonds is 3. The number of ether oxygens (including phenoxy) is 1. The Morgan fingerprint density at radius 3 is 3.10 bits per heavy atom. The van der Waals surface area contributed by atoms with Crippen molar-refractivity contribution in [2.75, 3.05) is 18.5 Å². The first-order valence-corrected chi connectivity index (χ1v) is 6.66. The molecule has 1 unspecified atom stereocenters. The van der Waals surface area contributed by atoms with Gasteiger partial charge in [0.05, 0.1) is 12.2 Å². The zero-order valence-electron chi connectivity index (χ0n) is 11.0. The van der Waals surface area contributed by atoms with Crippen LogP contribution in [-0.2, 0) is 6.42 Å². The lowest BCUT2D eigenvalue weighted by Crippen LogP contribution is -2.27. The maximum atomic E-state index is 9.03. The van der Waals surface area contributed by atoms with Crippen LogP contribution in [0.2, 0.25) is 0 Å². The number of nitriles is 1. The molecule has 3 rings (SSSR count). The first-order valence-electron chi connectivity index (χ1n) is 6.66. The van der Waals surface area contributed by atoms with Crippen molar-refractivity contribution in [1.82, 2.24) is 4.98 Å². The van der Waals surface area contributed by atoms with Crippen molar-refractivity contribution < 1.29 is 4.74 Å². The molecule has 1 aromatic carbocycles. The molecule has 100 valence electrons. The van der Waals surface area contributed by atoms with Crippen LogP contribution in [0.1, 0.15) is 11.1 Å². The quantitative estimate of drug-likeness (QED) is 0.926. The van der Waals surface area contributed by atoms with Gasteiger partial charge in [-0.05, 0) is 30.2 Å². The second-order valence-electron chi connectivity index (χ2n) is 4.88. The predicted octanol–water partition coefficient (Wildman–Crippen LogP) is 2.62. The number of fused-ring (bicyclic) bond motifs is 1. The molecule has 0 spiro atoms. The summed E-state index contributed by atoms with van der Waals surface area (Å²) in [4.78, 5) is 4.20. The highest BCUT2D eigenvalue weighted by Crippen LogP contribution is 2.26. The van der Waals surface area contributed by atoms with E-state index in [2.05, 4.69) is 22.4 Å². The van der Waals surface area contributed by atoms with Gasteiger partial charge >= 0.3 is 0 Å². The number of benzene rings is 1. The Balaban J connectivity index is 1.65. The summed E-state index contributed by atoms with van der Waals surface area (Å²) in [7, 11) is 0. The highest BCUT2D eigenvalue weighted by molar-refractivity contribution is 5.51. The highest BCUT2D eigenvalue weighted by Gasteiger charge is 2.19. The Hall–Kier alpha value is -2.54. The zero-order chi connectivity index (χ0) is 13.8. The van der Waals surface area contributed by atoms with Crippen molar-refractivity contribution in [3.63, 3.8) is 0 Å². The molecule has 0 saturated heterocycles. The molecule has 1 atom stereocenters. The minimum Gasteiger partial charge on any atom is -0.493 e. The maximum absolute atomic E-state index is 9.03.